The Morgan fingerprint density at radius 3 is 2.69 bits per heavy atom. The Hall–Kier alpha value is -2.03. The number of hydrogen-bond acceptors (Lipinski definition) is 1. The molecule has 1 heterocycles. The number of carboxylic acid groups (broad SMARTS) is 1. The molecule has 1 aromatic heterocycles. The van der Waals surface area contributed by atoms with Gasteiger partial charge in [-0.3, -0.25) is 0 Å². The number of rotatable bonds is 2. The third kappa shape index (κ3) is 1.72. The highest BCUT2D eigenvalue weighted by atomic mass is 16.4. The SMILES string of the molecule is C/C(=C\C(=O)O)c1cc2ccccc2n1C. The van der Waals surface area contributed by atoms with Gasteiger partial charge in [-0.05, 0) is 24.6 Å². The molecule has 0 aliphatic heterocycles. The predicted octanol–water partition coefficient (Wildman–Crippen LogP) is 2.67. The van der Waals surface area contributed by atoms with E-state index in [0.29, 0.717) is 0 Å². The highest BCUT2D eigenvalue weighted by molar-refractivity contribution is 5.92. The van der Waals surface area contributed by atoms with E-state index in [4.69, 9.17) is 5.11 Å². The molecule has 0 bridgehead atoms. The van der Waals surface area contributed by atoms with Crippen LogP contribution in [0.5, 0.6) is 0 Å². The van der Waals surface area contributed by atoms with Crippen LogP contribution in [0.1, 0.15) is 12.6 Å². The molecule has 0 saturated carbocycles. The van der Waals surface area contributed by atoms with Gasteiger partial charge < -0.3 is 9.67 Å². The van der Waals surface area contributed by atoms with Crippen LogP contribution in [0.3, 0.4) is 0 Å². The first-order valence-corrected chi connectivity index (χ1v) is 5.05. The monoisotopic (exact) mass is 215 g/mol. The molecular formula is C13H13NO2. The van der Waals surface area contributed by atoms with Crippen LogP contribution in [0.2, 0.25) is 0 Å². The lowest BCUT2D eigenvalue weighted by atomic mass is 10.2. The number of aryl methyl sites for hydroxylation is 1. The van der Waals surface area contributed by atoms with Gasteiger partial charge in [0.15, 0.2) is 0 Å². The van der Waals surface area contributed by atoms with Crippen LogP contribution >= 0.6 is 0 Å². The van der Waals surface area contributed by atoms with Gasteiger partial charge in [0.2, 0.25) is 0 Å². The molecule has 0 radical (unpaired) electrons. The van der Waals surface area contributed by atoms with Gasteiger partial charge >= 0.3 is 5.97 Å². The first-order chi connectivity index (χ1) is 7.59. The quantitative estimate of drug-likeness (QED) is 0.782. The van der Waals surface area contributed by atoms with Crippen LogP contribution in [0.15, 0.2) is 36.4 Å². The van der Waals surface area contributed by atoms with Gasteiger partial charge in [-0.15, -0.1) is 0 Å². The summed E-state index contributed by atoms with van der Waals surface area (Å²) >= 11 is 0. The molecule has 1 N–H and O–H groups in total. The van der Waals surface area contributed by atoms with Gasteiger partial charge in [0.25, 0.3) is 0 Å². The highest BCUT2D eigenvalue weighted by Crippen LogP contribution is 2.23. The Labute approximate surface area is 93.6 Å². The van der Waals surface area contributed by atoms with Crippen molar-refractivity contribution in [2.45, 2.75) is 6.92 Å². The molecule has 3 nitrogen and oxygen atoms in total. The zero-order valence-electron chi connectivity index (χ0n) is 9.27. The molecule has 0 aliphatic rings. The Bertz CT molecular complexity index is 579. The van der Waals surface area contributed by atoms with Gasteiger partial charge in [0.05, 0.1) is 0 Å². The molecule has 0 spiro atoms. The Morgan fingerprint density at radius 2 is 2.06 bits per heavy atom. The van der Waals surface area contributed by atoms with E-state index in [-0.39, 0.29) is 0 Å². The summed E-state index contributed by atoms with van der Waals surface area (Å²) in [6.45, 7) is 1.81. The van der Waals surface area contributed by atoms with E-state index in [2.05, 4.69) is 0 Å². The lowest BCUT2D eigenvalue weighted by Crippen LogP contribution is -1.96. The Kier molecular flexibility index (Phi) is 2.52. The Morgan fingerprint density at radius 1 is 1.38 bits per heavy atom. The maximum absolute atomic E-state index is 10.6. The minimum Gasteiger partial charge on any atom is -0.478 e. The number of nitrogens with zero attached hydrogens (tertiary/aromatic N) is 1. The summed E-state index contributed by atoms with van der Waals surface area (Å²) in [7, 11) is 1.94. The van der Waals surface area contributed by atoms with E-state index in [1.54, 1.807) is 0 Å². The molecule has 2 aromatic rings. The zero-order chi connectivity index (χ0) is 11.7. The second kappa shape index (κ2) is 3.85. The number of aliphatic carboxylic acids is 1. The van der Waals surface area contributed by atoms with E-state index in [0.717, 1.165) is 22.2 Å². The summed E-state index contributed by atoms with van der Waals surface area (Å²) in [6, 6.07) is 9.99. The number of carbonyl (C=O) groups is 1. The molecule has 0 saturated heterocycles. The largest absolute Gasteiger partial charge is 0.478 e. The van der Waals surface area contributed by atoms with Crippen molar-refractivity contribution in [1.82, 2.24) is 4.57 Å². The third-order valence-electron chi connectivity index (χ3n) is 2.70. The van der Waals surface area contributed by atoms with Crippen molar-refractivity contribution in [3.63, 3.8) is 0 Å². The maximum atomic E-state index is 10.6. The van der Waals surface area contributed by atoms with Gasteiger partial charge in [-0.25, -0.2) is 4.79 Å². The van der Waals surface area contributed by atoms with E-state index in [1.165, 1.54) is 6.08 Å². The molecule has 3 heteroatoms. The van der Waals surface area contributed by atoms with Crippen LogP contribution in [0.4, 0.5) is 0 Å². The van der Waals surface area contributed by atoms with Crippen LogP contribution in [0.25, 0.3) is 16.5 Å². The summed E-state index contributed by atoms with van der Waals surface area (Å²) in [4.78, 5) is 10.6. The fourth-order valence-electron chi connectivity index (χ4n) is 1.93. The topological polar surface area (TPSA) is 42.2 Å². The standard InChI is InChI=1S/C13H13NO2/c1-9(7-13(15)16)12-8-10-5-3-4-6-11(10)14(12)2/h3-8H,1-2H3,(H,15,16)/b9-7+. The van der Waals surface area contributed by atoms with E-state index >= 15 is 0 Å². The minimum absolute atomic E-state index is 0.756. The van der Waals surface area contributed by atoms with E-state index in [1.807, 2.05) is 48.9 Å². The number of para-hydroxylation sites is 1. The summed E-state index contributed by atoms with van der Waals surface area (Å²) in [5, 5.41) is 9.85. The number of hydrogen-bond donors (Lipinski definition) is 1. The molecule has 0 atom stereocenters. The molecule has 0 fully saturated rings. The van der Waals surface area contributed by atoms with E-state index < -0.39 is 5.97 Å². The van der Waals surface area contributed by atoms with Crippen LogP contribution in [0, 0.1) is 0 Å². The smallest absolute Gasteiger partial charge is 0.328 e. The molecule has 0 unspecified atom stereocenters. The number of allylic oxidation sites excluding steroid dienone is 1. The normalized spacial score (nSPS) is 12.0. The predicted molar refractivity (Wildman–Crippen MR) is 64.2 cm³/mol. The van der Waals surface area contributed by atoms with Crippen molar-refractivity contribution in [2.24, 2.45) is 7.05 Å². The molecule has 0 amide bonds. The van der Waals surface area contributed by atoms with Crippen LogP contribution < -0.4 is 0 Å². The van der Waals surface area contributed by atoms with Gasteiger partial charge in [0.1, 0.15) is 0 Å². The minimum atomic E-state index is -0.914. The van der Waals surface area contributed by atoms with Gasteiger partial charge in [-0.1, -0.05) is 18.2 Å². The lowest BCUT2D eigenvalue weighted by Gasteiger charge is -2.03. The summed E-state index contributed by atoms with van der Waals surface area (Å²) < 4.78 is 2.00. The molecule has 1 aromatic carbocycles. The average molecular weight is 215 g/mol. The van der Waals surface area contributed by atoms with Crippen molar-refractivity contribution >= 4 is 22.4 Å². The average Bonchev–Trinajstić information content (AvgIpc) is 2.56. The van der Waals surface area contributed by atoms with E-state index in [9.17, 15) is 4.79 Å². The number of fused-ring (bicyclic) bond motifs is 1. The molecular weight excluding hydrogens is 202 g/mol. The second-order valence-electron chi connectivity index (χ2n) is 3.81. The fourth-order valence-corrected chi connectivity index (χ4v) is 1.93. The molecule has 0 aliphatic carbocycles. The summed E-state index contributed by atoms with van der Waals surface area (Å²) in [5.41, 5.74) is 2.80. The molecule has 82 valence electrons. The van der Waals surface area contributed by atoms with Crippen molar-refractivity contribution in [2.75, 3.05) is 0 Å². The summed E-state index contributed by atoms with van der Waals surface area (Å²) in [6.07, 6.45) is 1.23. The van der Waals surface area contributed by atoms with Crippen molar-refractivity contribution in [1.29, 1.82) is 0 Å². The third-order valence-corrected chi connectivity index (χ3v) is 2.70. The highest BCUT2D eigenvalue weighted by Gasteiger charge is 2.07. The van der Waals surface area contributed by atoms with Crippen LogP contribution in [-0.2, 0) is 11.8 Å². The first-order valence-electron chi connectivity index (χ1n) is 5.05. The zero-order valence-corrected chi connectivity index (χ0v) is 9.27. The first kappa shape index (κ1) is 10.5. The number of carboxylic acids is 1. The van der Waals surface area contributed by atoms with Crippen molar-refractivity contribution in [3.05, 3.63) is 42.1 Å². The van der Waals surface area contributed by atoms with Crippen molar-refractivity contribution < 1.29 is 9.90 Å². The van der Waals surface area contributed by atoms with Gasteiger partial charge in [-0.2, -0.15) is 0 Å². The van der Waals surface area contributed by atoms with Gasteiger partial charge in [0, 0.05) is 29.7 Å². The van der Waals surface area contributed by atoms with Crippen molar-refractivity contribution in [3.8, 4) is 0 Å². The Balaban J connectivity index is 2.62. The lowest BCUT2D eigenvalue weighted by molar-refractivity contribution is -0.131. The number of aromatic nitrogens is 1. The molecule has 2 rings (SSSR count). The summed E-state index contributed by atoms with van der Waals surface area (Å²) in [5.74, 6) is -0.914. The fraction of sp³-hybridized carbons (Fsp3) is 0.154. The maximum Gasteiger partial charge on any atom is 0.328 e. The van der Waals surface area contributed by atoms with Crippen LogP contribution in [-0.4, -0.2) is 15.6 Å². The second-order valence-corrected chi connectivity index (χ2v) is 3.81. The number of benzene rings is 1. The molecule has 16 heavy (non-hydrogen) atoms.